The number of hydrogen-bond acceptors (Lipinski definition) is 5. The molecule has 0 aliphatic rings. The van der Waals surface area contributed by atoms with Crippen molar-refractivity contribution < 1.29 is 23.4 Å². The molecule has 1 amide bonds. The SMILES string of the molecule is COc1cc(C(=O)NC[C@H](c2ccc(F)cc2)N(C)C)cc(OC)c1OC. The van der Waals surface area contributed by atoms with Crippen LogP contribution in [0.5, 0.6) is 17.2 Å². The summed E-state index contributed by atoms with van der Waals surface area (Å²) >= 11 is 0. The number of ether oxygens (including phenoxy) is 3. The van der Waals surface area contributed by atoms with Crippen molar-refractivity contribution in [3.63, 3.8) is 0 Å². The maximum Gasteiger partial charge on any atom is 0.251 e. The minimum absolute atomic E-state index is 0.100. The summed E-state index contributed by atoms with van der Waals surface area (Å²) in [5, 5.41) is 2.91. The van der Waals surface area contributed by atoms with Gasteiger partial charge in [-0.15, -0.1) is 0 Å². The Labute approximate surface area is 158 Å². The van der Waals surface area contributed by atoms with Gasteiger partial charge in [0.2, 0.25) is 5.75 Å². The molecule has 27 heavy (non-hydrogen) atoms. The van der Waals surface area contributed by atoms with Crippen molar-refractivity contribution in [1.82, 2.24) is 10.2 Å². The molecule has 0 spiro atoms. The van der Waals surface area contributed by atoms with Crippen molar-refractivity contribution in [3.8, 4) is 17.2 Å². The molecule has 0 bridgehead atoms. The Morgan fingerprint density at radius 3 is 2.04 bits per heavy atom. The number of nitrogens with one attached hydrogen (secondary N) is 1. The summed E-state index contributed by atoms with van der Waals surface area (Å²) in [7, 11) is 8.30. The second kappa shape index (κ2) is 9.23. The van der Waals surface area contributed by atoms with Gasteiger partial charge in [-0.3, -0.25) is 4.79 Å². The molecule has 6 nitrogen and oxygen atoms in total. The van der Waals surface area contributed by atoms with E-state index >= 15 is 0 Å². The smallest absolute Gasteiger partial charge is 0.251 e. The van der Waals surface area contributed by atoms with Gasteiger partial charge in [0.05, 0.1) is 27.4 Å². The first-order valence-corrected chi connectivity index (χ1v) is 8.41. The van der Waals surface area contributed by atoms with Gasteiger partial charge in [-0.05, 0) is 43.9 Å². The molecule has 0 aromatic heterocycles. The summed E-state index contributed by atoms with van der Waals surface area (Å²) < 4.78 is 29.0. The third kappa shape index (κ3) is 4.89. The first-order valence-electron chi connectivity index (χ1n) is 8.41. The van der Waals surface area contributed by atoms with Crippen LogP contribution in [0.1, 0.15) is 22.0 Å². The first-order chi connectivity index (χ1) is 12.9. The van der Waals surface area contributed by atoms with Crippen LogP contribution in [-0.2, 0) is 0 Å². The van der Waals surface area contributed by atoms with Crippen molar-refractivity contribution in [2.75, 3.05) is 42.0 Å². The topological polar surface area (TPSA) is 60.0 Å². The molecule has 0 aliphatic heterocycles. The van der Waals surface area contributed by atoms with Crippen LogP contribution in [0, 0.1) is 5.82 Å². The first kappa shape index (κ1) is 20.5. The summed E-state index contributed by atoms with van der Waals surface area (Å²) in [6, 6.07) is 9.34. The van der Waals surface area contributed by atoms with Gasteiger partial charge in [-0.25, -0.2) is 4.39 Å². The predicted octanol–water partition coefficient (Wildman–Crippen LogP) is 2.88. The van der Waals surface area contributed by atoms with Crippen LogP contribution in [0.3, 0.4) is 0 Å². The lowest BCUT2D eigenvalue weighted by atomic mass is 10.1. The lowest BCUT2D eigenvalue weighted by Crippen LogP contribution is -2.34. The van der Waals surface area contributed by atoms with Crippen molar-refractivity contribution in [1.29, 1.82) is 0 Å². The van der Waals surface area contributed by atoms with Gasteiger partial charge in [0.15, 0.2) is 11.5 Å². The molecule has 0 radical (unpaired) electrons. The molecule has 2 rings (SSSR count). The Kier molecular flexibility index (Phi) is 7.01. The number of nitrogens with zero attached hydrogens (tertiary/aromatic N) is 1. The van der Waals surface area contributed by atoms with E-state index < -0.39 is 0 Å². The lowest BCUT2D eigenvalue weighted by molar-refractivity contribution is 0.0941. The summed E-state index contributed by atoms with van der Waals surface area (Å²) in [6.07, 6.45) is 0. The van der Waals surface area contributed by atoms with Crippen LogP contribution in [-0.4, -0.2) is 52.8 Å². The van der Waals surface area contributed by atoms with Crippen molar-refractivity contribution in [2.24, 2.45) is 0 Å². The zero-order chi connectivity index (χ0) is 20.0. The van der Waals surface area contributed by atoms with Crippen LogP contribution in [0.25, 0.3) is 0 Å². The summed E-state index contributed by atoms with van der Waals surface area (Å²) in [6.45, 7) is 0.355. The minimum atomic E-state index is -0.294. The van der Waals surface area contributed by atoms with E-state index in [4.69, 9.17) is 14.2 Å². The third-order valence-corrected chi connectivity index (χ3v) is 4.26. The number of methoxy groups -OCH3 is 3. The fourth-order valence-electron chi connectivity index (χ4n) is 2.79. The highest BCUT2D eigenvalue weighted by Crippen LogP contribution is 2.38. The Bertz CT molecular complexity index is 753. The number of amides is 1. The third-order valence-electron chi connectivity index (χ3n) is 4.26. The molecule has 1 N–H and O–H groups in total. The Hall–Kier alpha value is -2.80. The molecule has 0 saturated heterocycles. The van der Waals surface area contributed by atoms with Crippen LogP contribution in [0.2, 0.25) is 0 Å². The zero-order valence-corrected chi connectivity index (χ0v) is 16.2. The van der Waals surface area contributed by atoms with E-state index in [0.717, 1.165) is 5.56 Å². The average Bonchev–Trinajstić information content (AvgIpc) is 2.67. The summed E-state index contributed by atoms with van der Waals surface area (Å²) in [5.74, 6) is 0.671. The van der Waals surface area contributed by atoms with Crippen molar-refractivity contribution in [2.45, 2.75) is 6.04 Å². The molecule has 0 unspecified atom stereocenters. The zero-order valence-electron chi connectivity index (χ0n) is 16.2. The second-order valence-electron chi connectivity index (χ2n) is 6.16. The van der Waals surface area contributed by atoms with E-state index in [2.05, 4.69) is 5.32 Å². The molecular weight excluding hydrogens is 351 g/mol. The van der Waals surface area contributed by atoms with E-state index in [0.29, 0.717) is 29.4 Å². The van der Waals surface area contributed by atoms with E-state index in [1.54, 1.807) is 24.3 Å². The predicted molar refractivity (Wildman–Crippen MR) is 101 cm³/mol. The summed E-state index contributed by atoms with van der Waals surface area (Å²) in [4.78, 5) is 14.6. The van der Waals surface area contributed by atoms with Gasteiger partial charge in [0, 0.05) is 12.1 Å². The summed E-state index contributed by atoms with van der Waals surface area (Å²) in [5.41, 5.74) is 1.30. The fourth-order valence-corrected chi connectivity index (χ4v) is 2.79. The number of hydrogen-bond donors (Lipinski definition) is 1. The molecule has 0 aliphatic carbocycles. The maximum absolute atomic E-state index is 13.2. The number of halogens is 1. The maximum atomic E-state index is 13.2. The highest BCUT2D eigenvalue weighted by atomic mass is 19.1. The van der Waals surface area contributed by atoms with Crippen LogP contribution >= 0.6 is 0 Å². The molecule has 0 heterocycles. The van der Waals surface area contributed by atoms with Gasteiger partial charge in [-0.2, -0.15) is 0 Å². The van der Waals surface area contributed by atoms with Gasteiger partial charge in [-0.1, -0.05) is 12.1 Å². The van der Waals surface area contributed by atoms with E-state index in [-0.39, 0.29) is 17.8 Å². The standard InChI is InChI=1S/C20H25FN2O4/c1-23(2)16(13-6-8-15(21)9-7-13)12-22-20(24)14-10-17(25-3)19(27-5)18(11-14)26-4/h6-11,16H,12H2,1-5H3,(H,22,24)/t16-/m1/s1. The molecule has 0 fully saturated rings. The Morgan fingerprint density at radius 2 is 1.59 bits per heavy atom. The number of likely N-dealkylation sites (N-methyl/N-ethyl adjacent to an activating group) is 1. The van der Waals surface area contributed by atoms with Crippen LogP contribution in [0.15, 0.2) is 36.4 Å². The minimum Gasteiger partial charge on any atom is -0.493 e. The average molecular weight is 376 g/mol. The van der Waals surface area contributed by atoms with E-state index in [1.165, 1.54) is 33.5 Å². The largest absolute Gasteiger partial charge is 0.493 e. The van der Waals surface area contributed by atoms with Gasteiger partial charge in [0.1, 0.15) is 5.82 Å². The monoisotopic (exact) mass is 376 g/mol. The van der Waals surface area contributed by atoms with E-state index in [1.807, 2.05) is 19.0 Å². The molecule has 7 heteroatoms. The van der Waals surface area contributed by atoms with Crippen LogP contribution in [0.4, 0.5) is 4.39 Å². The molecule has 2 aromatic rings. The Balaban J connectivity index is 2.19. The number of rotatable bonds is 8. The molecule has 146 valence electrons. The molecule has 2 aromatic carbocycles. The Morgan fingerprint density at radius 1 is 1.04 bits per heavy atom. The lowest BCUT2D eigenvalue weighted by Gasteiger charge is -2.25. The van der Waals surface area contributed by atoms with Gasteiger partial charge >= 0.3 is 0 Å². The van der Waals surface area contributed by atoms with Crippen LogP contribution < -0.4 is 19.5 Å². The number of benzene rings is 2. The molecule has 0 saturated carbocycles. The highest BCUT2D eigenvalue weighted by Gasteiger charge is 2.19. The molecular formula is C20H25FN2O4. The quantitative estimate of drug-likeness (QED) is 0.768. The number of carbonyl (C=O) groups is 1. The van der Waals surface area contributed by atoms with Gasteiger partial charge in [0.25, 0.3) is 5.91 Å². The van der Waals surface area contributed by atoms with Crippen molar-refractivity contribution >= 4 is 5.91 Å². The van der Waals surface area contributed by atoms with Gasteiger partial charge < -0.3 is 24.4 Å². The van der Waals surface area contributed by atoms with Crippen molar-refractivity contribution in [3.05, 3.63) is 53.3 Å². The van der Waals surface area contributed by atoms with E-state index in [9.17, 15) is 9.18 Å². The molecule has 1 atom stereocenters. The normalized spacial score (nSPS) is 11.8. The number of carbonyl (C=O) groups excluding carboxylic acids is 1. The highest BCUT2D eigenvalue weighted by molar-refractivity contribution is 5.95. The fraction of sp³-hybridized carbons (Fsp3) is 0.350. The second-order valence-corrected chi connectivity index (χ2v) is 6.16.